The highest BCUT2D eigenvalue weighted by Gasteiger charge is 2.40. The average Bonchev–Trinajstić information content (AvgIpc) is 3.18. The van der Waals surface area contributed by atoms with Crippen molar-refractivity contribution in [2.75, 3.05) is 6.54 Å². The van der Waals surface area contributed by atoms with Gasteiger partial charge in [0.25, 0.3) is 0 Å². The van der Waals surface area contributed by atoms with E-state index in [0.717, 1.165) is 42.3 Å². The van der Waals surface area contributed by atoms with Gasteiger partial charge in [-0.2, -0.15) is 5.10 Å². The summed E-state index contributed by atoms with van der Waals surface area (Å²) in [6.07, 6.45) is 10.0. The van der Waals surface area contributed by atoms with Crippen molar-refractivity contribution >= 4 is 11.6 Å². The molecule has 118 valence electrons. The van der Waals surface area contributed by atoms with E-state index in [2.05, 4.69) is 28.9 Å². The molecule has 1 aromatic rings. The van der Waals surface area contributed by atoms with E-state index in [1.165, 1.54) is 37.8 Å². The number of hydrogen-bond acceptors (Lipinski definition) is 2. The van der Waals surface area contributed by atoms with Gasteiger partial charge in [0.15, 0.2) is 0 Å². The molecule has 21 heavy (non-hydrogen) atoms. The average molecular weight is 310 g/mol. The van der Waals surface area contributed by atoms with E-state index in [-0.39, 0.29) is 0 Å². The molecule has 4 heteroatoms. The molecular formula is C17H28ClN3. The topological polar surface area (TPSA) is 29.9 Å². The van der Waals surface area contributed by atoms with Crippen LogP contribution in [0.25, 0.3) is 0 Å². The highest BCUT2D eigenvalue weighted by Crippen LogP contribution is 2.51. The Labute approximate surface area is 133 Å². The molecule has 3 nitrogen and oxygen atoms in total. The van der Waals surface area contributed by atoms with Gasteiger partial charge in [-0.3, -0.25) is 4.68 Å². The predicted molar refractivity (Wildman–Crippen MR) is 87.5 cm³/mol. The minimum atomic E-state index is 0.365. The first kappa shape index (κ1) is 15.4. The number of fused-ring (bicyclic) bond motifs is 2. The largest absolute Gasteiger partial charge is 0.309 e. The normalized spacial score (nSPS) is 29.2. The van der Waals surface area contributed by atoms with Crippen LogP contribution in [0, 0.1) is 17.8 Å². The first-order valence-corrected chi connectivity index (χ1v) is 9.05. The number of hydrogen-bond donors (Lipinski definition) is 1. The second-order valence-electron chi connectivity index (χ2n) is 6.87. The molecule has 4 atom stereocenters. The van der Waals surface area contributed by atoms with Crippen molar-refractivity contribution in [3.8, 4) is 0 Å². The lowest BCUT2D eigenvalue weighted by Gasteiger charge is -2.28. The molecule has 2 fully saturated rings. The monoisotopic (exact) mass is 309 g/mol. The molecule has 0 radical (unpaired) electrons. The maximum Gasteiger partial charge on any atom is 0.0834 e. The second kappa shape index (κ2) is 6.70. The van der Waals surface area contributed by atoms with Crippen molar-refractivity contribution < 1.29 is 0 Å². The quantitative estimate of drug-likeness (QED) is 0.808. The Hall–Kier alpha value is -0.540. The molecule has 0 spiro atoms. The van der Waals surface area contributed by atoms with Crippen LogP contribution < -0.4 is 5.32 Å². The molecule has 2 saturated carbocycles. The fourth-order valence-electron chi connectivity index (χ4n) is 4.55. The van der Waals surface area contributed by atoms with Gasteiger partial charge in [-0.05, 0) is 63.3 Å². The van der Waals surface area contributed by atoms with Crippen LogP contribution in [0.2, 0.25) is 5.02 Å². The van der Waals surface area contributed by atoms with E-state index < -0.39 is 0 Å². The minimum Gasteiger partial charge on any atom is -0.309 e. The van der Waals surface area contributed by atoms with Crippen molar-refractivity contribution in [1.82, 2.24) is 15.1 Å². The Balaban J connectivity index is 1.75. The number of aromatic nitrogens is 2. The molecule has 0 saturated heterocycles. The zero-order valence-electron chi connectivity index (χ0n) is 13.3. The van der Waals surface area contributed by atoms with Crippen LogP contribution in [0.15, 0.2) is 6.20 Å². The zero-order chi connectivity index (χ0) is 14.8. The predicted octanol–water partition coefficient (Wildman–Crippen LogP) is 4.42. The standard InChI is InChI=1S/C17H28ClN3/c1-3-7-19-16(17-15(18)11-20-21(17)4-2)10-14-9-12-5-6-13(14)8-12/h11-14,16,19H,3-10H2,1-2H3. The smallest absolute Gasteiger partial charge is 0.0834 e. The van der Waals surface area contributed by atoms with Crippen LogP contribution in [-0.4, -0.2) is 16.3 Å². The highest BCUT2D eigenvalue weighted by atomic mass is 35.5. The number of halogens is 1. The molecule has 1 N–H and O–H groups in total. The summed E-state index contributed by atoms with van der Waals surface area (Å²) in [5.74, 6) is 2.87. The van der Waals surface area contributed by atoms with Crippen LogP contribution in [0.3, 0.4) is 0 Å². The SMILES string of the molecule is CCCNC(CC1CC2CCC1C2)c1c(Cl)cnn1CC. The van der Waals surface area contributed by atoms with Crippen molar-refractivity contribution in [2.45, 2.75) is 65.0 Å². The van der Waals surface area contributed by atoms with Gasteiger partial charge in [-0.1, -0.05) is 24.9 Å². The third-order valence-corrected chi connectivity index (χ3v) is 5.82. The van der Waals surface area contributed by atoms with Gasteiger partial charge < -0.3 is 5.32 Å². The maximum absolute atomic E-state index is 6.44. The molecule has 0 aromatic carbocycles. The Morgan fingerprint density at radius 3 is 2.86 bits per heavy atom. The van der Waals surface area contributed by atoms with Crippen LogP contribution in [0.5, 0.6) is 0 Å². The first-order valence-electron chi connectivity index (χ1n) is 8.67. The van der Waals surface area contributed by atoms with Crippen LogP contribution in [-0.2, 0) is 6.54 Å². The van der Waals surface area contributed by atoms with Crippen LogP contribution in [0.4, 0.5) is 0 Å². The summed E-state index contributed by atoms with van der Waals surface area (Å²) in [5, 5.41) is 8.99. The molecular weight excluding hydrogens is 282 g/mol. The van der Waals surface area contributed by atoms with Crippen LogP contribution in [0.1, 0.15) is 64.1 Å². The van der Waals surface area contributed by atoms with Gasteiger partial charge in [0, 0.05) is 6.54 Å². The molecule has 0 aliphatic heterocycles. The molecule has 4 unspecified atom stereocenters. The Morgan fingerprint density at radius 2 is 2.24 bits per heavy atom. The summed E-state index contributed by atoms with van der Waals surface area (Å²) in [6.45, 7) is 6.31. The zero-order valence-corrected chi connectivity index (χ0v) is 14.1. The van der Waals surface area contributed by atoms with E-state index in [1.54, 1.807) is 0 Å². The van der Waals surface area contributed by atoms with Gasteiger partial charge in [0.2, 0.25) is 0 Å². The van der Waals surface area contributed by atoms with E-state index in [1.807, 2.05) is 6.20 Å². The number of nitrogens with zero attached hydrogens (tertiary/aromatic N) is 2. The summed E-state index contributed by atoms with van der Waals surface area (Å²) < 4.78 is 2.07. The number of rotatable bonds is 7. The molecule has 2 aliphatic carbocycles. The van der Waals surface area contributed by atoms with Crippen molar-refractivity contribution in [3.63, 3.8) is 0 Å². The number of nitrogens with one attached hydrogen (secondary N) is 1. The van der Waals surface area contributed by atoms with Crippen molar-refractivity contribution in [2.24, 2.45) is 17.8 Å². The van der Waals surface area contributed by atoms with Crippen molar-refractivity contribution in [3.05, 3.63) is 16.9 Å². The molecule has 3 rings (SSSR count). The highest BCUT2D eigenvalue weighted by molar-refractivity contribution is 6.31. The van der Waals surface area contributed by atoms with Gasteiger partial charge in [-0.25, -0.2) is 0 Å². The first-order chi connectivity index (χ1) is 10.2. The van der Waals surface area contributed by atoms with E-state index in [0.29, 0.717) is 6.04 Å². The molecule has 1 aromatic heterocycles. The lowest BCUT2D eigenvalue weighted by Crippen LogP contribution is -2.28. The molecule has 2 bridgehead atoms. The minimum absolute atomic E-state index is 0.365. The Kier molecular flexibility index (Phi) is 4.90. The van der Waals surface area contributed by atoms with Gasteiger partial charge in [0.1, 0.15) is 0 Å². The second-order valence-corrected chi connectivity index (χ2v) is 7.28. The van der Waals surface area contributed by atoms with E-state index in [9.17, 15) is 0 Å². The van der Waals surface area contributed by atoms with Gasteiger partial charge in [-0.15, -0.1) is 0 Å². The van der Waals surface area contributed by atoms with Gasteiger partial charge in [0.05, 0.1) is 23.0 Å². The Morgan fingerprint density at radius 1 is 1.38 bits per heavy atom. The maximum atomic E-state index is 6.44. The van der Waals surface area contributed by atoms with Gasteiger partial charge >= 0.3 is 0 Å². The summed E-state index contributed by atoms with van der Waals surface area (Å²) in [7, 11) is 0. The summed E-state index contributed by atoms with van der Waals surface area (Å²) in [4.78, 5) is 0. The third-order valence-electron chi connectivity index (χ3n) is 5.53. The fourth-order valence-corrected chi connectivity index (χ4v) is 4.82. The van der Waals surface area contributed by atoms with Crippen LogP contribution >= 0.6 is 11.6 Å². The lowest BCUT2D eigenvalue weighted by molar-refractivity contribution is 0.273. The summed E-state index contributed by atoms with van der Waals surface area (Å²) in [6, 6.07) is 0.365. The van der Waals surface area contributed by atoms with E-state index >= 15 is 0 Å². The number of aryl methyl sites for hydroxylation is 1. The third kappa shape index (κ3) is 3.14. The Bertz CT molecular complexity index is 471. The molecule has 2 aliphatic rings. The van der Waals surface area contributed by atoms with Crippen molar-refractivity contribution in [1.29, 1.82) is 0 Å². The molecule has 1 heterocycles. The molecule has 0 amide bonds. The van der Waals surface area contributed by atoms with E-state index in [4.69, 9.17) is 11.6 Å². The fraction of sp³-hybridized carbons (Fsp3) is 0.824. The summed E-state index contributed by atoms with van der Waals surface area (Å²) in [5.41, 5.74) is 1.20. The summed E-state index contributed by atoms with van der Waals surface area (Å²) >= 11 is 6.44. The lowest BCUT2D eigenvalue weighted by atomic mass is 9.83.